The summed E-state index contributed by atoms with van der Waals surface area (Å²) in [5.74, 6) is 1.63. The first-order chi connectivity index (χ1) is 10.1. The van der Waals surface area contributed by atoms with Crippen molar-refractivity contribution in [2.45, 2.75) is 53.2 Å². The van der Waals surface area contributed by atoms with E-state index in [1.54, 1.807) is 0 Å². The van der Waals surface area contributed by atoms with Crippen LogP contribution in [0, 0.1) is 5.92 Å². The Morgan fingerprint density at radius 1 is 1.10 bits per heavy atom. The highest BCUT2D eigenvalue weighted by Crippen LogP contribution is 2.17. The van der Waals surface area contributed by atoms with Crippen molar-refractivity contribution < 1.29 is 9.47 Å². The van der Waals surface area contributed by atoms with Gasteiger partial charge in [-0.3, -0.25) is 0 Å². The zero-order chi connectivity index (χ0) is 15.5. The monoisotopic (exact) mass is 293 g/mol. The second kappa shape index (κ2) is 10.6. The average Bonchev–Trinajstić information content (AvgIpc) is 2.44. The number of hydrogen-bond donors (Lipinski definition) is 1. The molecule has 0 aliphatic rings. The first-order valence-electron chi connectivity index (χ1n) is 8.16. The molecule has 3 nitrogen and oxygen atoms in total. The molecule has 1 aromatic rings. The minimum Gasteiger partial charge on any atom is -0.491 e. The van der Waals surface area contributed by atoms with E-state index in [0.717, 1.165) is 31.7 Å². The smallest absolute Gasteiger partial charge is 0.123 e. The predicted molar refractivity (Wildman–Crippen MR) is 88.8 cm³/mol. The van der Waals surface area contributed by atoms with Gasteiger partial charge in [0.25, 0.3) is 0 Å². The number of ether oxygens (including phenoxy) is 2. The van der Waals surface area contributed by atoms with Crippen LogP contribution < -0.4 is 10.1 Å². The van der Waals surface area contributed by atoms with Crippen LogP contribution in [0.4, 0.5) is 0 Å². The first kappa shape index (κ1) is 18.0. The largest absolute Gasteiger partial charge is 0.491 e. The molecule has 0 spiro atoms. The normalized spacial score (nSPS) is 12.6. The van der Waals surface area contributed by atoms with Crippen LogP contribution in [0.3, 0.4) is 0 Å². The highest BCUT2D eigenvalue weighted by molar-refractivity contribution is 5.33. The standard InChI is InChI=1S/C18H31NO2/c1-5-10-19-14-17-8-6-7-9-18(17)21-12-11-20-16(4)13-15(2)3/h6-9,15-16,19H,5,10-14H2,1-4H3. The van der Waals surface area contributed by atoms with Crippen LogP contribution in [0.5, 0.6) is 5.75 Å². The molecule has 0 heterocycles. The Labute approximate surface area is 130 Å². The third-order valence-corrected chi connectivity index (χ3v) is 3.26. The van der Waals surface area contributed by atoms with Gasteiger partial charge < -0.3 is 14.8 Å². The zero-order valence-electron chi connectivity index (χ0n) is 14.0. The lowest BCUT2D eigenvalue weighted by atomic mass is 10.1. The second-order valence-electron chi connectivity index (χ2n) is 5.94. The van der Waals surface area contributed by atoms with E-state index in [1.165, 1.54) is 5.56 Å². The van der Waals surface area contributed by atoms with Gasteiger partial charge in [0, 0.05) is 12.1 Å². The average molecular weight is 293 g/mol. The molecule has 0 bridgehead atoms. The molecule has 21 heavy (non-hydrogen) atoms. The fraction of sp³-hybridized carbons (Fsp3) is 0.667. The lowest BCUT2D eigenvalue weighted by molar-refractivity contribution is 0.0329. The molecular weight excluding hydrogens is 262 g/mol. The Hall–Kier alpha value is -1.06. The van der Waals surface area contributed by atoms with Gasteiger partial charge in [0.2, 0.25) is 0 Å². The number of benzene rings is 1. The van der Waals surface area contributed by atoms with E-state index in [4.69, 9.17) is 9.47 Å². The third kappa shape index (κ3) is 8.08. The lowest BCUT2D eigenvalue weighted by Gasteiger charge is -2.16. The maximum Gasteiger partial charge on any atom is 0.123 e. The molecule has 1 atom stereocenters. The molecule has 0 saturated carbocycles. The van der Waals surface area contributed by atoms with Crippen LogP contribution in [0.15, 0.2) is 24.3 Å². The molecule has 0 aromatic heterocycles. The Morgan fingerprint density at radius 2 is 1.86 bits per heavy atom. The molecule has 3 heteroatoms. The molecule has 0 amide bonds. The summed E-state index contributed by atoms with van der Waals surface area (Å²) in [5.41, 5.74) is 1.21. The highest BCUT2D eigenvalue weighted by Gasteiger charge is 2.06. The maximum absolute atomic E-state index is 5.86. The topological polar surface area (TPSA) is 30.5 Å². The van der Waals surface area contributed by atoms with Crippen molar-refractivity contribution in [2.24, 2.45) is 5.92 Å². The second-order valence-corrected chi connectivity index (χ2v) is 5.94. The summed E-state index contributed by atoms with van der Waals surface area (Å²) in [6.45, 7) is 11.9. The molecule has 0 aliphatic heterocycles. The highest BCUT2D eigenvalue weighted by atomic mass is 16.5. The SMILES string of the molecule is CCCNCc1ccccc1OCCOC(C)CC(C)C. The summed E-state index contributed by atoms with van der Waals surface area (Å²) in [5, 5.41) is 3.41. The van der Waals surface area contributed by atoms with E-state index in [0.29, 0.717) is 25.2 Å². The number of nitrogens with one attached hydrogen (secondary N) is 1. The van der Waals surface area contributed by atoms with E-state index in [1.807, 2.05) is 12.1 Å². The van der Waals surface area contributed by atoms with E-state index < -0.39 is 0 Å². The summed E-state index contributed by atoms with van der Waals surface area (Å²) in [4.78, 5) is 0. The Kier molecular flexibility index (Phi) is 9.11. The number of para-hydroxylation sites is 1. The molecule has 0 radical (unpaired) electrons. The van der Waals surface area contributed by atoms with E-state index in [2.05, 4.69) is 45.1 Å². The van der Waals surface area contributed by atoms with Gasteiger partial charge >= 0.3 is 0 Å². The summed E-state index contributed by atoms with van der Waals surface area (Å²) in [6, 6.07) is 8.21. The van der Waals surface area contributed by atoms with E-state index in [9.17, 15) is 0 Å². The van der Waals surface area contributed by atoms with Crippen molar-refractivity contribution in [3.05, 3.63) is 29.8 Å². The van der Waals surface area contributed by atoms with Crippen molar-refractivity contribution in [2.75, 3.05) is 19.8 Å². The van der Waals surface area contributed by atoms with E-state index in [-0.39, 0.29) is 0 Å². The van der Waals surface area contributed by atoms with Gasteiger partial charge in [-0.25, -0.2) is 0 Å². The van der Waals surface area contributed by atoms with Gasteiger partial charge in [0.15, 0.2) is 0 Å². The fourth-order valence-corrected chi connectivity index (χ4v) is 2.32. The van der Waals surface area contributed by atoms with Gasteiger partial charge in [-0.15, -0.1) is 0 Å². The minimum atomic E-state index is 0.301. The molecule has 120 valence electrons. The van der Waals surface area contributed by atoms with Crippen LogP contribution in [-0.2, 0) is 11.3 Å². The molecule has 1 rings (SSSR count). The first-order valence-corrected chi connectivity index (χ1v) is 8.16. The van der Waals surface area contributed by atoms with Crippen molar-refractivity contribution in [3.8, 4) is 5.75 Å². The molecular formula is C18H31NO2. The molecule has 0 fully saturated rings. The summed E-state index contributed by atoms with van der Waals surface area (Å²) >= 11 is 0. The van der Waals surface area contributed by atoms with Gasteiger partial charge in [-0.1, -0.05) is 39.0 Å². The van der Waals surface area contributed by atoms with Crippen LogP contribution >= 0.6 is 0 Å². The lowest BCUT2D eigenvalue weighted by Crippen LogP contribution is -2.17. The maximum atomic E-state index is 5.86. The van der Waals surface area contributed by atoms with Crippen molar-refractivity contribution >= 4 is 0 Å². The van der Waals surface area contributed by atoms with Crippen molar-refractivity contribution in [3.63, 3.8) is 0 Å². The summed E-state index contributed by atoms with van der Waals surface area (Å²) < 4.78 is 11.6. The summed E-state index contributed by atoms with van der Waals surface area (Å²) in [7, 11) is 0. The third-order valence-electron chi connectivity index (χ3n) is 3.26. The fourth-order valence-electron chi connectivity index (χ4n) is 2.32. The Morgan fingerprint density at radius 3 is 2.57 bits per heavy atom. The number of rotatable bonds is 11. The van der Waals surface area contributed by atoms with Gasteiger partial charge in [-0.2, -0.15) is 0 Å². The minimum absolute atomic E-state index is 0.301. The predicted octanol–water partition coefficient (Wildman–Crippen LogP) is 4.02. The van der Waals surface area contributed by atoms with Gasteiger partial charge in [-0.05, 0) is 38.3 Å². The van der Waals surface area contributed by atoms with Gasteiger partial charge in [0.05, 0.1) is 12.7 Å². The van der Waals surface area contributed by atoms with E-state index >= 15 is 0 Å². The molecule has 1 unspecified atom stereocenters. The van der Waals surface area contributed by atoms with Crippen LogP contribution in [-0.4, -0.2) is 25.9 Å². The van der Waals surface area contributed by atoms with Crippen LogP contribution in [0.25, 0.3) is 0 Å². The molecule has 1 N–H and O–H groups in total. The van der Waals surface area contributed by atoms with Crippen molar-refractivity contribution in [1.82, 2.24) is 5.32 Å². The van der Waals surface area contributed by atoms with Crippen LogP contribution in [0.1, 0.15) is 46.1 Å². The summed E-state index contributed by atoms with van der Waals surface area (Å²) in [6.07, 6.45) is 2.54. The van der Waals surface area contributed by atoms with Crippen molar-refractivity contribution in [1.29, 1.82) is 0 Å². The number of hydrogen-bond acceptors (Lipinski definition) is 3. The zero-order valence-corrected chi connectivity index (χ0v) is 14.0. The molecule has 1 aromatic carbocycles. The van der Waals surface area contributed by atoms with Gasteiger partial charge in [0.1, 0.15) is 12.4 Å². The Balaban J connectivity index is 2.31. The van der Waals surface area contributed by atoms with Crippen LogP contribution in [0.2, 0.25) is 0 Å². The quantitative estimate of drug-likeness (QED) is 0.625. The molecule has 0 saturated heterocycles. The Bertz CT molecular complexity index is 379. The molecule has 0 aliphatic carbocycles.